The zero-order valence-electron chi connectivity index (χ0n) is 16.5. The molecular weight excluding hydrogens is 482 g/mol. The number of hydrogen-bond donors (Lipinski definition) is 1. The van der Waals surface area contributed by atoms with Crippen LogP contribution in [0.25, 0.3) is 0 Å². The van der Waals surface area contributed by atoms with Crippen LogP contribution < -0.4 is 5.32 Å². The van der Waals surface area contributed by atoms with Crippen molar-refractivity contribution < 1.29 is 49.0 Å². The maximum atomic E-state index is 13.2. The van der Waals surface area contributed by atoms with Gasteiger partial charge in [-0.1, -0.05) is 6.07 Å². The van der Waals surface area contributed by atoms with Crippen molar-refractivity contribution >= 4 is 21.7 Å². The fraction of sp³-hybridized carbons (Fsp3) is 0.368. The van der Waals surface area contributed by atoms with Crippen molar-refractivity contribution in [3.05, 3.63) is 53.7 Å². The van der Waals surface area contributed by atoms with Crippen LogP contribution in [0.5, 0.6) is 0 Å². The summed E-state index contributed by atoms with van der Waals surface area (Å²) in [6.45, 7) is -0.288. The van der Waals surface area contributed by atoms with Gasteiger partial charge in [0.2, 0.25) is 14.8 Å². The molecule has 14 heteroatoms. The van der Waals surface area contributed by atoms with Crippen LogP contribution in [-0.4, -0.2) is 37.6 Å². The summed E-state index contributed by atoms with van der Waals surface area (Å²) in [6.07, 6.45) is -11.6. The highest BCUT2D eigenvalue weighted by Gasteiger charge is 2.50. The molecule has 1 fully saturated rings. The number of benzene rings is 1. The van der Waals surface area contributed by atoms with E-state index >= 15 is 0 Å². The summed E-state index contributed by atoms with van der Waals surface area (Å²) in [7, 11) is -4.54. The van der Waals surface area contributed by atoms with Crippen LogP contribution in [0.2, 0.25) is 0 Å². The highest BCUT2D eigenvalue weighted by atomic mass is 32.2. The van der Waals surface area contributed by atoms with Crippen LogP contribution in [0.3, 0.4) is 0 Å². The Hall–Kier alpha value is -2.87. The molecule has 0 saturated carbocycles. The Morgan fingerprint density at radius 2 is 1.58 bits per heavy atom. The van der Waals surface area contributed by atoms with Crippen molar-refractivity contribution in [3.8, 4) is 0 Å². The number of aromatic nitrogens is 1. The van der Waals surface area contributed by atoms with Gasteiger partial charge in [-0.3, -0.25) is 5.32 Å². The molecule has 1 aliphatic heterocycles. The second-order valence-corrected chi connectivity index (χ2v) is 9.19. The van der Waals surface area contributed by atoms with Crippen molar-refractivity contribution in [3.63, 3.8) is 0 Å². The lowest BCUT2D eigenvalue weighted by molar-refractivity contribution is -0.141. The average Bonchev–Trinajstić information content (AvgIpc) is 2.73. The van der Waals surface area contributed by atoms with Crippen LogP contribution in [0.1, 0.15) is 24.1 Å². The first kappa shape index (κ1) is 24.8. The second kappa shape index (κ2) is 8.82. The summed E-state index contributed by atoms with van der Waals surface area (Å²) in [5, 5.41) is 1.95. The number of anilines is 1. The minimum absolute atomic E-state index is 0.144. The van der Waals surface area contributed by atoms with Gasteiger partial charge in [0.15, 0.2) is 0 Å². The van der Waals surface area contributed by atoms with E-state index < -0.39 is 55.2 Å². The van der Waals surface area contributed by atoms with E-state index in [1.807, 2.05) is 5.32 Å². The summed E-state index contributed by atoms with van der Waals surface area (Å²) in [5.41, 5.74) is -2.37. The van der Waals surface area contributed by atoms with E-state index in [-0.39, 0.29) is 26.1 Å². The molecule has 1 aromatic carbocycles. The second-order valence-electron chi connectivity index (χ2n) is 6.97. The van der Waals surface area contributed by atoms with Gasteiger partial charge < -0.3 is 9.47 Å². The maximum Gasteiger partial charge on any atom is 0.433 e. The van der Waals surface area contributed by atoms with Gasteiger partial charge in [-0.15, -0.1) is 0 Å². The number of amides is 1. The highest BCUT2D eigenvalue weighted by molar-refractivity contribution is 7.92. The standard InChI is InChI=1S/C19H16F6N2O5S/c20-18(21,22)12-4-6-13(7-5-12)33(29,30)17(8-10-31-11-9-17)32-16(28)27-15-3-1-2-14(26-15)19(23,24)25/h1-7H,8-11H2,(H,26,27,28). The molecule has 2 heterocycles. The molecule has 1 amide bonds. The molecule has 1 aliphatic rings. The number of alkyl halides is 6. The van der Waals surface area contributed by atoms with Gasteiger partial charge in [-0.05, 0) is 36.4 Å². The molecule has 0 atom stereocenters. The third-order valence-corrected chi connectivity index (χ3v) is 7.15. The normalized spacial score (nSPS) is 16.8. The lowest BCUT2D eigenvalue weighted by Gasteiger charge is -2.35. The van der Waals surface area contributed by atoms with Gasteiger partial charge >= 0.3 is 18.4 Å². The molecule has 0 spiro atoms. The summed E-state index contributed by atoms with van der Waals surface area (Å²) in [4.78, 5) is 12.9. The number of hydrogen-bond acceptors (Lipinski definition) is 6. The first-order valence-corrected chi connectivity index (χ1v) is 10.8. The molecule has 1 saturated heterocycles. The SMILES string of the molecule is O=C(Nc1cccc(C(F)(F)F)n1)OC1(S(=O)(=O)c2ccc(C(F)(F)F)cc2)CCOCC1. The summed E-state index contributed by atoms with van der Waals surface area (Å²) in [5.74, 6) is -0.538. The van der Waals surface area contributed by atoms with E-state index in [1.165, 1.54) is 0 Å². The molecular formula is C19H16F6N2O5S. The number of ether oxygens (including phenoxy) is 2. The van der Waals surface area contributed by atoms with Gasteiger partial charge in [-0.2, -0.15) is 26.3 Å². The van der Waals surface area contributed by atoms with Gasteiger partial charge in [-0.25, -0.2) is 18.2 Å². The van der Waals surface area contributed by atoms with Crippen molar-refractivity contribution in [2.45, 2.75) is 35.0 Å². The Labute approximate surface area is 183 Å². The molecule has 0 aliphatic carbocycles. The van der Waals surface area contributed by atoms with Crippen molar-refractivity contribution in [2.24, 2.45) is 0 Å². The smallest absolute Gasteiger partial charge is 0.426 e. The molecule has 7 nitrogen and oxygen atoms in total. The monoisotopic (exact) mass is 498 g/mol. The summed E-state index contributed by atoms with van der Waals surface area (Å²) in [6, 6.07) is 5.33. The molecule has 180 valence electrons. The summed E-state index contributed by atoms with van der Waals surface area (Å²) < 4.78 is 114. The van der Waals surface area contributed by atoms with Crippen LogP contribution >= 0.6 is 0 Å². The minimum Gasteiger partial charge on any atom is -0.426 e. The van der Waals surface area contributed by atoms with E-state index in [0.717, 1.165) is 24.3 Å². The molecule has 2 aromatic rings. The average molecular weight is 498 g/mol. The van der Waals surface area contributed by atoms with Crippen LogP contribution in [0, 0.1) is 0 Å². The molecule has 33 heavy (non-hydrogen) atoms. The van der Waals surface area contributed by atoms with Crippen molar-refractivity contribution in [1.82, 2.24) is 4.98 Å². The zero-order valence-corrected chi connectivity index (χ0v) is 17.4. The predicted octanol–water partition coefficient (Wildman–Crippen LogP) is 4.65. The highest BCUT2D eigenvalue weighted by Crippen LogP contribution is 2.38. The van der Waals surface area contributed by atoms with Gasteiger partial charge in [0.1, 0.15) is 11.5 Å². The Bertz CT molecular complexity index is 1110. The fourth-order valence-electron chi connectivity index (χ4n) is 3.11. The van der Waals surface area contributed by atoms with Gasteiger partial charge in [0.25, 0.3) is 0 Å². The number of nitrogens with one attached hydrogen (secondary N) is 1. The Morgan fingerprint density at radius 3 is 2.12 bits per heavy atom. The first-order valence-electron chi connectivity index (χ1n) is 9.28. The fourth-order valence-corrected chi connectivity index (χ4v) is 4.92. The minimum atomic E-state index is -4.78. The summed E-state index contributed by atoms with van der Waals surface area (Å²) >= 11 is 0. The van der Waals surface area contributed by atoms with Crippen LogP contribution in [0.4, 0.5) is 37.0 Å². The Balaban J connectivity index is 1.88. The Morgan fingerprint density at radius 1 is 0.970 bits per heavy atom. The zero-order chi connectivity index (χ0) is 24.5. The lowest BCUT2D eigenvalue weighted by atomic mass is 10.1. The van der Waals surface area contributed by atoms with Gasteiger partial charge in [0.05, 0.1) is 23.7 Å². The third-order valence-electron chi connectivity index (χ3n) is 4.78. The van der Waals surface area contributed by atoms with Gasteiger partial charge in [0, 0.05) is 12.8 Å². The number of halogens is 6. The van der Waals surface area contributed by atoms with E-state index in [2.05, 4.69) is 4.98 Å². The van der Waals surface area contributed by atoms with E-state index in [1.54, 1.807) is 0 Å². The topological polar surface area (TPSA) is 94.6 Å². The largest absolute Gasteiger partial charge is 0.433 e. The number of carbonyl (C=O) groups excluding carboxylic acids is 1. The third kappa shape index (κ3) is 5.38. The molecule has 1 aromatic heterocycles. The predicted molar refractivity (Wildman–Crippen MR) is 101 cm³/mol. The molecule has 0 bridgehead atoms. The number of nitrogens with zero attached hydrogens (tertiary/aromatic N) is 1. The molecule has 0 radical (unpaired) electrons. The van der Waals surface area contributed by atoms with Crippen molar-refractivity contribution in [2.75, 3.05) is 18.5 Å². The van der Waals surface area contributed by atoms with E-state index in [0.29, 0.717) is 18.2 Å². The van der Waals surface area contributed by atoms with Crippen molar-refractivity contribution in [1.29, 1.82) is 0 Å². The van der Waals surface area contributed by atoms with Crippen LogP contribution in [0.15, 0.2) is 47.4 Å². The molecule has 1 N–H and O–H groups in total. The van der Waals surface area contributed by atoms with E-state index in [9.17, 15) is 39.6 Å². The maximum absolute atomic E-state index is 13.2. The number of rotatable bonds is 4. The van der Waals surface area contributed by atoms with Crippen LogP contribution in [-0.2, 0) is 31.7 Å². The Kier molecular flexibility index (Phi) is 6.62. The molecule has 0 unspecified atom stereocenters. The van der Waals surface area contributed by atoms with E-state index in [4.69, 9.17) is 9.47 Å². The number of sulfone groups is 1. The first-order chi connectivity index (χ1) is 15.2. The molecule has 3 rings (SSSR count). The quantitative estimate of drug-likeness (QED) is 0.617. The number of pyridine rings is 1. The number of carbonyl (C=O) groups is 1. The lowest BCUT2D eigenvalue weighted by Crippen LogP contribution is -2.48.